The van der Waals surface area contributed by atoms with Gasteiger partial charge in [0.05, 0.1) is 11.0 Å². The van der Waals surface area contributed by atoms with Crippen LogP contribution in [0.25, 0.3) is 0 Å². The van der Waals surface area contributed by atoms with Crippen LogP contribution in [0, 0.1) is 10.1 Å². The molecule has 0 unspecified atom stereocenters. The second kappa shape index (κ2) is 8.60. The number of aromatic nitrogens is 2. The molecule has 0 saturated carbocycles. The lowest BCUT2D eigenvalue weighted by atomic mass is 10.2. The Morgan fingerprint density at radius 3 is 2.83 bits per heavy atom. The molecule has 1 saturated heterocycles. The fourth-order valence-corrected chi connectivity index (χ4v) is 2.47. The maximum Gasteiger partial charge on any atom is 0.353 e. The lowest BCUT2D eigenvalue weighted by Gasteiger charge is -2.14. The molecular formula is C14H25N7O3. The highest BCUT2D eigenvalue weighted by Crippen LogP contribution is 2.29. The molecule has 0 bridgehead atoms. The van der Waals surface area contributed by atoms with Gasteiger partial charge in [-0.05, 0) is 39.9 Å². The van der Waals surface area contributed by atoms with Crippen molar-refractivity contribution in [1.82, 2.24) is 14.9 Å². The summed E-state index contributed by atoms with van der Waals surface area (Å²) in [6, 6.07) is 0. The van der Waals surface area contributed by atoms with Crippen molar-refractivity contribution in [3.8, 4) is 0 Å². The lowest BCUT2D eigenvalue weighted by Crippen LogP contribution is -2.21. The first-order valence-corrected chi connectivity index (χ1v) is 8.03. The summed E-state index contributed by atoms with van der Waals surface area (Å²) < 4.78 is 5.51. The molecule has 4 N–H and O–H groups in total. The molecule has 24 heavy (non-hydrogen) atoms. The molecule has 0 radical (unpaired) electrons. The number of anilines is 3. The summed E-state index contributed by atoms with van der Waals surface area (Å²) in [6.45, 7) is 2.75. The van der Waals surface area contributed by atoms with Crippen molar-refractivity contribution >= 4 is 23.3 Å². The van der Waals surface area contributed by atoms with Crippen molar-refractivity contribution < 1.29 is 9.66 Å². The number of nitrogens with two attached hydrogens (primary N) is 1. The van der Waals surface area contributed by atoms with Crippen LogP contribution in [0.15, 0.2) is 0 Å². The minimum Gasteiger partial charge on any atom is -0.378 e. The van der Waals surface area contributed by atoms with Crippen molar-refractivity contribution in [3.63, 3.8) is 0 Å². The summed E-state index contributed by atoms with van der Waals surface area (Å²) in [6.07, 6.45) is 2.86. The van der Waals surface area contributed by atoms with E-state index in [9.17, 15) is 10.1 Å². The second-order valence-corrected chi connectivity index (χ2v) is 5.99. The summed E-state index contributed by atoms with van der Waals surface area (Å²) in [5.74, 6) is 0.254. The largest absolute Gasteiger partial charge is 0.378 e. The normalized spacial score (nSPS) is 17.2. The Kier molecular flexibility index (Phi) is 6.50. The molecule has 0 aromatic carbocycles. The van der Waals surface area contributed by atoms with Gasteiger partial charge in [0.1, 0.15) is 0 Å². The maximum absolute atomic E-state index is 11.2. The molecule has 2 heterocycles. The van der Waals surface area contributed by atoms with Gasteiger partial charge in [-0.1, -0.05) is 0 Å². The number of nitrogens with one attached hydrogen (secondary N) is 2. The van der Waals surface area contributed by atoms with E-state index in [1.807, 2.05) is 14.1 Å². The molecule has 1 aromatic heterocycles. The monoisotopic (exact) mass is 339 g/mol. The molecule has 10 heteroatoms. The first-order chi connectivity index (χ1) is 11.5. The van der Waals surface area contributed by atoms with E-state index in [0.717, 1.165) is 32.4 Å². The van der Waals surface area contributed by atoms with Gasteiger partial charge >= 0.3 is 5.69 Å². The summed E-state index contributed by atoms with van der Waals surface area (Å²) in [4.78, 5) is 20.9. The third kappa shape index (κ3) is 5.17. The Bertz CT molecular complexity index is 562. The van der Waals surface area contributed by atoms with E-state index in [-0.39, 0.29) is 29.4 Å². The van der Waals surface area contributed by atoms with E-state index in [4.69, 9.17) is 10.5 Å². The number of nitro groups is 1. The maximum atomic E-state index is 11.2. The lowest BCUT2D eigenvalue weighted by molar-refractivity contribution is -0.383. The smallest absolute Gasteiger partial charge is 0.353 e. The van der Waals surface area contributed by atoms with E-state index < -0.39 is 4.92 Å². The first kappa shape index (κ1) is 18.1. The third-order valence-corrected chi connectivity index (χ3v) is 3.68. The van der Waals surface area contributed by atoms with Crippen LogP contribution in [0.5, 0.6) is 0 Å². The average Bonchev–Trinajstić information content (AvgIpc) is 3.02. The number of rotatable bonds is 9. The highest BCUT2D eigenvalue weighted by atomic mass is 16.6. The molecule has 2 rings (SSSR count). The topological polar surface area (TPSA) is 131 Å². The summed E-state index contributed by atoms with van der Waals surface area (Å²) >= 11 is 0. The van der Waals surface area contributed by atoms with Gasteiger partial charge in [-0.3, -0.25) is 10.1 Å². The fraction of sp³-hybridized carbons (Fsp3) is 0.714. The zero-order valence-corrected chi connectivity index (χ0v) is 14.1. The van der Waals surface area contributed by atoms with Crippen molar-refractivity contribution in [2.75, 3.05) is 56.7 Å². The van der Waals surface area contributed by atoms with Gasteiger partial charge in [-0.2, -0.15) is 9.97 Å². The van der Waals surface area contributed by atoms with Gasteiger partial charge in [-0.15, -0.1) is 0 Å². The molecule has 1 aromatic rings. The van der Waals surface area contributed by atoms with Crippen LogP contribution in [0.1, 0.15) is 19.3 Å². The highest BCUT2D eigenvalue weighted by Gasteiger charge is 2.24. The fourth-order valence-electron chi connectivity index (χ4n) is 2.47. The van der Waals surface area contributed by atoms with E-state index in [2.05, 4.69) is 25.5 Å². The predicted molar refractivity (Wildman–Crippen MR) is 92.2 cm³/mol. The van der Waals surface area contributed by atoms with Crippen molar-refractivity contribution in [3.05, 3.63) is 10.1 Å². The molecule has 134 valence electrons. The molecule has 0 amide bonds. The van der Waals surface area contributed by atoms with Gasteiger partial charge in [0.25, 0.3) is 0 Å². The molecule has 0 spiro atoms. The molecule has 1 aliphatic rings. The van der Waals surface area contributed by atoms with Crippen LogP contribution >= 0.6 is 0 Å². The zero-order chi connectivity index (χ0) is 17.5. The minimum atomic E-state index is -0.566. The van der Waals surface area contributed by atoms with Crippen molar-refractivity contribution in [2.24, 2.45) is 0 Å². The quantitative estimate of drug-likeness (QED) is 0.341. The van der Waals surface area contributed by atoms with E-state index >= 15 is 0 Å². The van der Waals surface area contributed by atoms with Crippen LogP contribution in [0.4, 0.5) is 23.3 Å². The minimum absolute atomic E-state index is 0.0392. The van der Waals surface area contributed by atoms with E-state index in [1.54, 1.807) is 0 Å². The molecule has 1 atom stereocenters. The Labute approximate surface area is 140 Å². The van der Waals surface area contributed by atoms with Crippen LogP contribution in [0.2, 0.25) is 0 Å². The number of ether oxygens (including phenoxy) is 1. The van der Waals surface area contributed by atoms with Crippen LogP contribution in [-0.2, 0) is 4.74 Å². The average molecular weight is 339 g/mol. The van der Waals surface area contributed by atoms with Gasteiger partial charge in [0.2, 0.25) is 17.6 Å². The molecule has 0 aliphatic carbocycles. The van der Waals surface area contributed by atoms with Crippen molar-refractivity contribution in [1.29, 1.82) is 0 Å². The number of hydrogen-bond donors (Lipinski definition) is 3. The first-order valence-electron chi connectivity index (χ1n) is 8.03. The third-order valence-electron chi connectivity index (χ3n) is 3.68. The molecular weight excluding hydrogens is 314 g/mol. The standard InChI is InChI=1S/C14H25N7O3/c1-20(2)7-4-6-16-14-18-12(15)11(21(22)23)13(19-14)17-9-10-5-3-8-24-10/h10H,3-9H2,1-2H3,(H4,15,16,17,18,19)/t10-/m1/s1. The summed E-state index contributed by atoms with van der Waals surface area (Å²) in [5.41, 5.74) is 5.45. The molecule has 10 nitrogen and oxygen atoms in total. The van der Waals surface area contributed by atoms with Gasteiger partial charge in [-0.25, -0.2) is 0 Å². The number of nitrogen functional groups attached to an aromatic ring is 1. The molecule has 1 fully saturated rings. The van der Waals surface area contributed by atoms with Crippen LogP contribution in [-0.4, -0.2) is 66.2 Å². The highest BCUT2D eigenvalue weighted by molar-refractivity contribution is 5.69. The Balaban J connectivity index is 2.04. The van der Waals surface area contributed by atoms with Gasteiger partial charge in [0.15, 0.2) is 0 Å². The summed E-state index contributed by atoms with van der Waals surface area (Å²) in [7, 11) is 3.99. The Hall–Kier alpha value is -2.20. The van der Waals surface area contributed by atoms with Crippen molar-refractivity contribution in [2.45, 2.75) is 25.4 Å². The SMILES string of the molecule is CN(C)CCCNc1nc(N)c([N+](=O)[O-])c(NC[C@H]2CCCO2)n1. The van der Waals surface area contributed by atoms with Gasteiger partial charge in [0, 0.05) is 19.7 Å². The van der Waals surface area contributed by atoms with Crippen LogP contribution < -0.4 is 16.4 Å². The number of nitrogens with zero attached hydrogens (tertiary/aromatic N) is 4. The summed E-state index contributed by atoms with van der Waals surface area (Å²) in [5, 5.41) is 17.3. The van der Waals surface area contributed by atoms with Gasteiger partial charge < -0.3 is 26.0 Å². The van der Waals surface area contributed by atoms with E-state index in [0.29, 0.717) is 13.1 Å². The zero-order valence-electron chi connectivity index (χ0n) is 14.1. The Morgan fingerprint density at radius 2 is 2.21 bits per heavy atom. The second-order valence-electron chi connectivity index (χ2n) is 5.99. The van der Waals surface area contributed by atoms with Crippen LogP contribution in [0.3, 0.4) is 0 Å². The number of hydrogen-bond acceptors (Lipinski definition) is 9. The molecule has 1 aliphatic heterocycles. The predicted octanol–water partition coefficient (Wildman–Crippen LogP) is 0.921. The Morgan fingerprint density at radius 1 is 1.42 bits per heavy atom. The van der Waals surface area contributed by atoms with E-state index in [1.165, 1.54) is 0 Å².